The smallest absolute Gasteiger partial charge is 0.242 e. The Hall–Kier alpha value is -0.330. The van der Waals surface area contributed by atoms with Gasteiger partial charge in [-0.05, 0) is 36.9 Å². The molecule has 2 rings (SSSR count). The molecule has 1 fully saturated rings. The molecule has 1 saturated heterocycles. The maximum absolute atomic E-state index is 12.2. The Labute approximate surface area is 131 Å². The van der Waals surface area contributed by atoms with Crippen molar-refractivity contribution in [1.82, 2.24) is 10.0 Å². The van der Waals surface area contributed by atoms with E-state index in [1.807, 2.05) is 0 Å². The van der Waals surface area contributed by atoms with Crippen LogP contribution in [0.2, 0.25) is 5.02 Å². The summed E-state index contributed by atoms with van der Waals surface area (Å²) in [4.78, 5) is 0.143. The maximum Gasteiger partial charge on any atom is 0.242 e. The number of benzene rings is 1. The molecule has 0 bridgehead atoms. The van der Waals surface area contributed by atoms with E-state index < -0.39 is 10.0 Å². The van der Waals surface area contributed by atoms with Crippen molar-refractivity contribution in [2.45, 2.75) is 24.7 Å². The van der Waals surface area contributed by atoms with Gasteiger partial charge in [-0.15, -0.1) is 12.4 Å². The molecule has 0 saturated carbocycles. The number of rotatable bonds is 4. The number of halogens is 2. The fourth-order valence-corrected chi connectivity index (χ4v) is 4.00. The van der Waals surface area contributed by atoms with Crippen LogP contribution < -0.4 is 10.0 Å². The minimum absolute atomic E-state index is 0. The van der Waals surface area contributed by atoms with E-state index >= 15 is 0 Å². The third-order valence-electron chi connectivity index (χ3n) is 3.50. The van der Waals surface area contributed by atoms with Crippen LogP contribution in [0.3, 0.4) is 0 Å². The lowest BCUT2D eigenvalue weighted by molar-refractivity contribution is 0.238. The first-order valence-corrected chi connectivity index (χ1v) is 8.24. The first-order chi connectivity index (χ1) is 8.93. The van der Waals surface area contributed by atoms with E-state index in [1.54, 1.807) is 18.2 Å². The van der Waals surface area contributed by atoms with Crippen molar-refractivity contribution < 1.29 is 8.42 Å². The highest BCUT2D eigenvalue weighted by molar-refractivity contribution is 7.89. The van der Waals surface area contributed by atoms with E-state index in [1.165, 1.54) is 6.07 Å². The predicted octanol–water partition coefficient (Wildman–Crippen LogP) is 2.43. The zero-order chi connectivity index (χ0) is 13.9. The molecule has 114 valence electrons. The summed E-state index contributed by atoms with van der Waals surface area (Å²) in [5.74, 6) is 0. The Morgan fingerprint density at radius 3 is 2.70 bits per heavy atom. The van der Waals surface area contributed by atoms with Crippen molar-refractivity contribution in [3.8, 4) is 0 Å². The lowest BCUT2D eigenvalue weighted by Gasteiger charge is -2.34. The Kier molecular flexibility index (Phi) is 6.28. The van der Waals surface area contributed by atoms with Crippen molar-refractivity contribution in [3.05, 3.63) is 29.3 Å². The number of piperidine rings is 1. The van der Waals surface area contributed by atoms with Gasteiger partial charge in [-0.3, -0.25) is 0 Å². The van der Waals surface area contributed by atoms with E-state index in [2.05, 4.69) is 17.0 Å². The number of nitrogens with one attached hydrogen (secondary N) is 2. The predicted molar refractivity (Wildman–Crippen MR) is 84.1 cm³/mol. The summed E-state index contributed by atoms with van der Waals surface area (Å²) in [5.41, 5.74) is -0.0351. The van der Waals surface area contributed by atoms with Crippen LogP contribution in [0.25, 0.3) is 0 Å². The Morgan fingerprint density at radius 1 is 1.40 bits per heavy atom. The normalized spacial score (nSPS) is 23.1. The van der Waals surface area contributed by atoms with E-state index in [-0.39, 0.29) is 27.7 Å². The summed E-state index contributed by atoms with van der Waals surface area (Å²) >= 11 is 5.93. The molecule has 0 radical (unpaired) electrons. The van der Waals surface area contributed by atoms with Crippen molar-refractivity contribution in [2.75, 3.05) is 19.6 Å². The van der Waals surface area contributed by atoms with Gasteiger partial charge in [0.1, 0.15) is 4.90 Å². The number of hydrogen-bond acceptors (Lipinski definition) is 3. The van der Waals surface area contributed by atoms with Gasteiger partial charge in [0.2, 0.25) is 10.0 Å². The van der Waals surface area contributed by atoms with Crippen LogP contribution in [0, 0.1) is 5.41 Å². The second-order valence-electron chi connectivity index (χ2n) is 5.35. The zero-order valence-corrected chi connectivity index (χ0v) is 13.7. The summed E-state index contributed by atoms with van der Waals surface area (Å²) < 4.78 is 27.1. The second-order valence-corrected chi connectivity index (χ2v) is 7.49. The summed E-state index contributed by atoms with van der Waals surface area (Å²) in [6.45, 7) is 4.35. The largest absolute Gasteiger partial charge is 0.316 e. The van der Waals surface area contributed by atoms with Gasteiger partial charge in [0.25, 0.3) is 0 Å². The van der Waals surface area contributed by atoms with Crippen LogP contribution in [0.1, 0.15) is 19.8 Å². The summed E-state index contributed by atoms with van der Waals surface area (Å²) in [7, 11) is -3.54. The molecule has 0 spiro atoms. The van der Waals surface area contributed by atoms with Crippen LogP contribution >= 0.6 is 24.0 Å². The molecule has 0 amide bonds. The van der Waals surface area contributed by atoms with E-state index in [0.717, 1.165) is 25.9 Å². The standard InChI is InChI=1S/C13H19ClN2O2S.ClH/c1-13(7-4-8-15-9-13)10-16-19(17,18)12-6-3-2-5-11(12)14;/h2-3,5-6,15-16H,4,7-10H2,1H3;1H. The van der Waals surface area contributed by atoms with Crippen molar-refractivity contribution in [3.63, 3.8) is 0 Å². The average molecular weight is 339 g/mol. The molecule has 1 aromatic rings. The molecule has 1 atom stereocenters. The molecule has 1 unspecified atom stereocenters. The Bertz CT molecular complexity index is 543. The van der Waals surface area contributed by atoms with Gasteiger partial charge in [0.15, 0.2) is 0 Å². The molecule has 0 aromatic heterocycles. The van der Waals surface area contributed by atoms with E-state index in [9.17, 15) is 8.42 Å². The molecule has 1 aliphatic heterocycles. The quantitative estimate of drug-likeness (QED) is 0.886. The molecular formula is C13H20Cl2N2O2S. The van der Waals surface area contributed by atoms with Gasteiger partial charge in [0, 0.05) is 13.1 Å². The van der Waals surface area contributed by atoms with Gasteiger partial charge in [-0.2, -0.15) is 0 Å². The minimum Gasteiger partial charge on any atom is -0.316 e. The van der Waals surface area contributed by atoms with Crippen molar-refractivity contribution >= 4 is 34.0 Å². The summed E-state index contributed by atoms with van der Waals surface area (Å²) in [6.07, 6.45) is 2.09. The van der Waals surface area contributed by atoms with Crippen molar-refractivity contribution in [2.24, 2.45) is 5.41 Å². The fourth-order valence-electron chi connectivity index (χ4n) is 2.28. The van der Waals surface area contributed by atoms with Gasteiger partial charge in [-0.25, -0.2) is 13.1 Å². The number of hydrogen-bond donors (Lipinski definition) is 2. The Balaban J connectivity index is 0.00000200. The van der Waals surface area contributed by atoms with Gasteiger partial charge >= 0.3 is 0 Å². The summed E-state index contributed by atoms with van der Waals surface area (Å²) in [5, 5.41) is 3.55. The first-order valence-electron chi connectivity index (χ1n) is 6.38. The third kappa shape index (κ3) is 4.33. The van der Waals surface area contributed by atoms with Crippen LogP contribution in [-0.4, -0.2) is 28.1 Å². The first kappa shape index (κ1) is 17.7. The van der Waals surface area contributed by atoms with Crippen LogP contribution in [0.4, 0.5) is 0 Å². The molecule has 4 nitrogen and oxygen atoms in total. The molecular weight excluding hydrogens is 319 g/mol. The average Bonchev–Trinajstić information content (AvgIpc) is 2.38. The van der Waals surface area contributed by atoms with Crippen molar-refractivity contribution in [1.29, 1.82) is 0 Å². The molecule has 2 N–H and O–H groups in total. The molecule has 1 aromatic carbocycles. The lowest BCUT2D eigenvalue weighted by atomic mass is 9.83. The lowest BCUT2D eigenvalue weighted by Crippen LogP contribution is -2.45. The molecule has 20 heavy (non-hydrogen) atoms. The van der Waals surface area contributed by atoms with E-state index in [4.69, 9.17) is 11.6 Å². The minimum atomic E-state index is -3.54. The topological polar surface area (TPSA) is 58.2 Å². The highest BCUT2D eigenvalue weighted by atomic mass is 35.5. The third-order valence-corrected chi connectivity index (χ3v) is 5.40. The van der Waals surface area contributed by atoms with E-state index in [0.29, 0.717) is 6.54 Å². The van der Waals surface area contributed by atoms with Crippen LogP contribution in [-0.2, 0) is 10.0 Å². The molecule has 1 aliphatic rings. The second kappa shape index (κ2) is 7.09. The summed E-state index contributed by atoms with van der Waals surface area (Å²) in [6, 6.07) is 6.49. The number of sulfonamides is 1. The molecule has 1 heterocycles. The van der Waals surface area contributed by atoms with Crippen LogP contribution in [0.5, 0.6) is 0 Å². The fraction of sp³-hybridized carbons (Fsp3) is 0.538. The monoisotopic (exact) mass is 338 g/mol. The highest BCUT2D eigenvalue weighted by Crippen LogP contribution is 2.26. The Morgan fingerprint density at radius 2 is 2.10 bits per heavy atom. The highest BCUT2D eigenvalue weighted by Gasteiger charge is 2.29. The molecule has 0 aliphatic carbocycles. The van der Waals surface area contributed by atoms with Gasteiger partial charge in [-0.1, -0.05) is 30.7 Å². The van der Waals surface area contributed by atoms with Gasteiger partial charge < -0.3 is 5.32 Å². The SMILES string of the molecule is CC1(CNS(=O)(=O)c2ccccc2Cl)CCCNC1.Cl. The van der Waals surface area contributed by atoms with Crippen LogP contribution in [0.15, 0.2) is 29.2 Å². The maximum atomic E-state index is 12.2. The van der Waals surface area contributed by atoms with Gasteiger partial charge in [0.05, 0.1) is 5.02 Å². The zero-order valence-electron chi connectivity index (χ0n) is 11.4. The molecule has 7 heteroatoms.